The topological polar surface area (TPSA) is 21.3 Å². The van der Waals surface area contributed by atoms with E-state index >= 15 is 0 Å². The Balaban J connectivity index is 1.30. The molecule has 3 nitrogen and oxygen atoms in total. The van der Waals surface area contributed by atoms with E-state index < -0.39 is 5.41 Å². The normalized spacial score (nSPS) is 13.5. The standard InChI is InChI=1S/C49H30N2O/c1-3-15-31(16-4-1)50(32-17-5-2-6-18-32)33-27-28-41-44(29-33)51-43-25-13-9-22-37(43)46-47(51)42(30-38-36-21-10-14-26-45(36)52-48(38)46)49(41)39-23-11-7-19-34(39)35-20-8-12-24-40(35)49/h1-30H. The van der Waals surface area contributed by atoms with Gasteiger partial charge in [-0.2, -0.15) is 0 Å². The van der Waals surface area contributed by atoms with Crippen LogP contribution in [0.25, 0.3) is 60.6 Å². The van der Waals surface area contributed by atoms with E-state index in [0.717, 1.165) is 39.0 Å². The number of hydrogen-bond acceptors (Lipinski definition) is 2. The van der Waals surface area contributed by atoms with Gasteiger partial charge in [-0.25, -0.2) is 0 Å². The molecule has 1 aliphatic heterocycles. The lowest BCUT2D eigenvalue weighted by Gasteiger charge is -2.40. The van der Waals surface area contributed by atoms with Gasteiger partial charge in [0.2, 0.25) is 0 Å². The zero-order valence-corrected chi connectivity index (χ0v) is 28.1. The van der Waals surface area contributed by atoms with E-state index in [9.17, 15) is 0 Å². The Hall–Kier alpha value is -6.84. The first kappa shape index (κ1) is 27.9. The molecule has 10 aromatic rings. The molecule has 0 amide bonds. The Kier molecular flexibility index (Phi) is 5.43. The molecule has 0 atom stereocenters. The fourth-order valence-electron chi connectivity index (χ4n) is 9.59. The molecule has 3 heteroatoms. The van der Waals surface area contributed by atoms with Crippen molar-refractivity contribution in [1.82, 2.24) is 4.57 Å². The summed E-state index contributed by atoms with van der Waals surface area (Å²) in [4.78, 5) is 2.37. The molecule has 0 saturated heterocycles. The van der Waals surface area contributed by atoms with Crippen LogP contribution in [0.3, 0.4) is 0 Å². The van der Waals surface area contributed by atoms with Gasteiger partial charge in [0.25, 0.3) is 0 Å². The molecule has 52 heavy (non-hydrogen) atoms. The molecular weight excluding hydrogens is 633 g/mol. The molecule has 0 fully saturated rings. The second kappa shape index (κ2) is 10.1. The van der Waals surface area contributed by atoms with Gasteiger partial charge in [0.15, 0.2) is 0 Å². The highest BCUT2D eigenvalue weighted by Gasteiger charge is 2.51. The van der Waals surface area contributed by atoms with E-state index in [2.05, 4.69) is 191 Å². The van der Waals surface area contributed by atoms with Crippen LogP contribution in [0.2, 0.25) is 0 Å². The Morgan fingerprint density at radius 3 is 1.75 bits per heavy atom. The van der Waals surface area contributed by atoms with Crippen molar-refractivity contribution in [3.63, 3.8) is 0 Å². The van der Waals surface area contributed by atoms with Crippen LogP contribution in [0.1, 0.15) is 22.3 Å². The third-order valence-electron chi connectivity index (χ3n) is 11.5. The predicted molar refractivity (Wildman–Crippen MR) is 214 cm³/mol. The van der Waals surface area contributed by atoms with E-state index in [1.807, 2.05) is 0 Å². The molecule has 0 saturated carbocycles. The van der Waals surface area contributed by atoms with Gasteiger partial charge < -0.3 is 13.9 Å². The number of anilines is 3. The van der Waals surface area contributed by atoms with Crippen molar-refractivity contribution >= 4 is 60.8 Å². The minimum atomic E-state index is -0.555. The van der Waals surface area contributed by atoms with Crippen LogP contribution in [0.15, 0.2) is 186 Å². The lowest BCUT2D eigenvalue weighted by atomic mass is 9.65. The molecule has 2 aliphatic rings. The molecule has 0 bridgehead atoms. The minimum Gasteiger partial charge on any atom is -0.455 e. The fraction of sp³-hybridized carbons (Fsp3) is 0.0204. The van der Waals surface area contributed by atoms with Gasteiger partial charge in [0.1, 0.15) is 11.2 Å². The molecule has 0 unspecified atom stereocenters. The molecule has 1 aliphatic carbocycles. The Bertz CT molecular complexity index is 2990. The van der Waals surface area contributed by atoms with Gasteiger partial charge >= 0.3 is 0 Å². The van der Waals surface area contributed by atoms with Gasteiger partial charge in [-0.05, 0) is 88.0 Å². The van der Waals surface area contributed by atoms with Crippen LogP contribution < -0.4 is 4.90 Å². The lowest BCUT2D eigenvalue weighted by Crippen LogP contribution is -2.33. The fourth-order valence-corrected chi connectivity index (χ4v) is 9.59. The number of para-hydroxylation sites is 4. The summed E-state index contributed by atoms with van der Waals surface area (Å²) in [6, 6.07) is 66.4. The number of rotatable bonds is 3. The molecular formula is C49H30N2O. The first-order valence-electron chi connectivity index (χ1n) is 17.9. The van der Waals surface area contributed by atoms with E-state index in [1.165, 1.54) is 60.9 Å². The maximum atomic E-state index is 6.84. The molecule has 12 rings (SSSR count). The van der Waals surface area contributed by atoms with E-state index in [1.54, 1.807) is 0 Å². The van der Waals surface area contributed by atoms with Gasteiger partial charge in [0, 0.05) is 33.2 Å². The smallest absolute Gasteiger partial charge is 0.145 e. The maximum absolute atomic E-state index is 6.84. The summed E-state index contributed by atoms with van der Waals surface area (Å²) in [5.74, 6) is 0. The first-order valence-corrected chi connectivity index (χ1v) is 17.9. The van der Waals surface area contributed by atoms with Crippen molar-refractivity contribution in [2.24, 2.45) is 0 Å². The van der Waals surface area contributed by atoms with E-state index in [-0.39, 0.29) is 0 Å². The second-order valence-electron chi connectivity index (χ2n) is 14.0. The SMILES string of the molecule is c1ccc(N(c2ccccc2)c2ccc3c(c2)-n2c4ccccc4c4c5oc6ccccc6c5cc(c42)C32c3ccccc3-c3ccccc32)cc1. The number of furan rings is 1. The molecule has 1 spiro atoms. The first-order chi connectivity index (χ1) is 25.8. The van der Waals surface area contributed by atoms with Gasteiger partial charge in [-0.1, -0.05) is 127 Å². The maximum Gasteiger partial charge on any atom is 0.145 e. The predicted octanol–water partition coefficient (Wildman–Crippen LogP) is 12.8. The van der Waals surface area contributed by atoms with Crippen LogP contribution in [0.4, 0.5) is 17.1 Å². The largest absolute Gasteiger partial charge is 0.455 e. The minimum absolute atomic E-state index is 0.555. The summed E-state index contributed by atoms with van der Waals surface area (Å²) in [5, 5.41) is 4.66. The Morgan fingerprint density at radius 2 is 1.04 bits per heavy atom. The molecule has 0 N–H and O–H groups in total. The van der Waals surface area contributed by atoms with Crippen molar-refractivity contribution in [3.05, 3.63) is 204 Å². The molecule has 242 valence electrons. The number of hydrogen-bond donors (Lipinski definition) is 0. The molecule has 2 aromatic heterocycles. The summed E-state index contributed by atoms with van der Waals surface area (Å²) in [7, 11) is 0. The zero-order valence-electron chi connectivity index (χ0n) is 28.1. The second-order valence-corrected chi connectivity index (χ2v) is 14.0. The van der Waals surface area contributed by atoms with Gasteiger partial charge in [-0.3, -0.25) is 0 Å². The molecule has 0 radical (unpaired) electrons. The summed E-state index contributed by atoms with van der Waals surface area (Å²) < 4.78 is 9.37. The summed E-state index contributed by atoms with van der Waals surface area (Å²) in [5.41, 5.74) is 16.0. The highest BCUT2D eigenvalue weighted by Crippen LogP contribution is 2.62. The van der Waals surface area contributed by atoms with E-state index in [0.29, 0.717) is 0 Å². The molecule has 3 heterocycles. The number of nitrogens with zero attached hydrogens (tertiary/aromatic N) is 2. The summed E-state index contributed by atoms with van der Waals surface area (Å²) in [6.07, 6.45) is 0. The van der Waals surface area contributed by atoms with Crippen molar-refractivity contribution < 1.29 is 4.42 Å². The van der Waals surface area contributed by atoms with Crippen LogP contribution >= 0.6 is 0 Å². The van der Waals surface area contributed by atoms with Gasteiger partial charge in [-0.15, -0.1) is 0 Å². The monoisotopic (exact) mass is 662 g/mol. The van der Waals surface area contributed by atoms with Gasteiger partial charge in [0.05, 0.1) is 27.5 Å². The number of benzene rings is 8. The van der Waals surface area contributed by atoms with Crippen molar-refractivity contribution in [2.75, 3.05) is 4.90 Å². The van der Waals surface area contributed by atoms with Crippen molar-refractivity contribution in [3.8, 4) is 16.8 Å². The van der Waals surface area contributed by atoms with E-state index in [4.69, 9.17) is 4.42 Å². The van der Waals surface area contributed by atoms with Crippen LogP contribution in [0, 0.1) is 0 Å². The Morgan fingerprint density at radius 1 is 0.442 bits per heavy atom. The Labute approximate surface area is 300 Å². The third-order valence-corrected chi connectivity index (χ3v) is 11.5. The highest BCUT2D eigenvalue weighted by atomic mass is 16.3. The lowest BCUT2D eigenvalue weighted by molar-refractivity contribution is 0.672. The summed E-state index contributed by atoms with van der Waals surface area (Å²) in [6.45, 7) is 0. The average Bonchev–Trinajstić information content (AvgIpc) is 3.85. The summed E-state index contributed by atoms with van der Waals surface area (Å²) >= 11 is 0. The number of fused-ring (bicyclic) bond motifs is 16. The van der Waals surface area contributed by atoms with Crippen molar-refractivity contribution in [1.29, 1.82) is 0 Å². The number of aromatic nitrogens is 1. The van der Waals surface area contributed by atoms with Crippen LogP contribution in [-0.2, 0) is 5.41 Å². The third kappa shape index (κ3) is 3.40. The zero-order chi connectivity index (χ0) is 34.0. The van der Waals surface area contributed by atoms with Crippen molar-refractivity contribution in [2.45, 2.75) is 5.41 Å². The quantitative estimate of drug-likeness (QED) is 0.188. The average molecular weight is 663 g/mol. The van der Waals surface area contributed by atoms with Crippen LogP contribution in [-0.4, -0.2) is 4.57 Å². The van der Waals surface area contributed by atoms with Crippen LogP contribution in [0.5, 0.6) is 0 Å². The highest BCUT2D eigenvalue weighted by molar-refractivity contribution is 6.26. The molecule has 8 aromatic carbocycles.